The molecule has 1 atom stereocenters. The van der Waals surface area contributed by atoms with Crippen molar-refractivity contribution in [2.75, 3.05) is 26.7 Å². The Kier molecular flexibility index (Phi) is 4.61. The van der Waals surface area contributed by atoms with Crippen molar-refractivity contribution in [2.24, 2.45) is 0 Å². The Morgan fingerprint density at radius 1 is 1.19 bits per heavy atom. The number of nitrogens with one attached hydrogen (secondary N) is 1. The first-order chi connectivity index (χ1) is 12.6. The monoisotopic (exact) mass is 366 g/mol. The van der Waals surface area contributed by atoms with E-state index in [9.17, 15) is 4.79 Å². The van der Waals surface area contributed by atoms with Crippen molar-refractivity contribution >= 4 is 17.2 Å². The van der Waals surface area contributed by atoms with Gasteiger partial charge in [0.1, 0.15) is 0 Å². The molecule has 1 aliphatic rings. The number of nitrogens with zero attached hydrogens (tertiary/aromatic N) is 3. The zero-order valence-electron chi connectivity index (χ0n) is 15.0. The maximum atomic E-state index is 13.2. The van der Waals surface area contributed by atoms with Crippen LogP contribution in [0.25, 0.3) is 10.6 Å². The van der Waals surface area contributed by atoms with Crippen molar-refractivity contribution in [1.29, 1.82) is 0 Å². The molecule has 1 amide bonds. The summed E-state index contributed by atoms with van der Waals surface area (Å²) in [5.74, 6) is -0.0114. The van der Waals surface area contributed by atoms with Gasteiger partial charge in [-0.2, -0.15) is 5.10 Å². The SMILES string of the molecule is Cc1ccc(-c2cc(C(=O)N3CCN(C)CC3c3ccccc3)n[nH]2)s1. The van der Waals surface area contributed by atoms with Crippen LogP contribution in [0.1, 0.15) is 27.0 Å². The van der Waals surface area contributed by atoms with E-state index in [-0.39, 0.29) is 11.9 Å². The smallest absolute Gasteiger partial charge is 0.274 e. The second-order valence-electron chi connectivity index (χ2n) is 6.76. The standard InChI is InChI=1S/C20H22N4OS/c1-14-8-9-19(26-14)16-12-17(22-21-16)20(25)24-11-10-23(2)13-18(24)15-6-4-3-5-7-15/h3-9,12,18H,10-11,13H2,1-2H3,(H,21,22). The maximum absolute atomic E-state index is 13.2. The fourth-order valence-electron chi connectivity index (χ4n) is 3.41. The number of amides is 1. The van der Waals surface area contributed by atoms with Gasteiger partial charge in [0.2, 0.25) is 0 Å². The molecule has 2 aromatic heterocycles. The molecule has 4 rings (SSSR count). The Morgan fingerprint density at radius 3 is 2.73 bits per heavy atom. The number of likely N-dealkylation sites (N-methyl/N-ethyl adjacent to an activating group) is 1. The van der Waals surface area contributed by atoms with Crippen LogP contribution >= 0.6 is 11.3 Å². The summed E-state index contributed by atoms with van der Waals surface area (Å²) >= 11 is 1.70. The van der Waals surface area contributed by atoms with E-state index < -0.39 is 0 Å². The van der Waals surface area contributed by atoms with E-state index in [2.05, 4.69) is 53.3 Å². The van der Waals surface area contributed by atoms with Gasteiger partial charge in [0, 0.05) is 24.5 Å². The number of hydrogen-bond donors (Lipinski definition) is 1. The van der Waals surface area contributed by atoms with Crippen LogP contribution in [0.3, 0.4) is 0 Å². The van der Waals surface area contributed by atoms with Crippen molar-refractivity contribution < 1.29 is 4.79 Å². The molecular weight excluding hydrogens is 344 g/mol. The molecule has 1 N–H and O–H groups in total. The molecule has 0 aliphatic carbocycles. The van der Waals surface area contributed by atoms with Crippen molar-refractivity contribution in [3.05, 3.63) is 64.7 Å². The Morgan fingerprint density at radius 2 is 2.00 bits per heavy atom. The van der Waals surface area contributed by atoms with Crippen LogP contribution in [0.2, 0.25) is 0 Å². The zero-order chi connectivity index (χ0) is 18.1. The highest BCUT2D eigenvalue weighted by molar-refractivity contribution is 7.15. The molecule has 0 saturated carbocycles. The van der Waals surface area contributed by atoms with Crippen LogP contribution < -0.4 is 0 Å². The molecule has 1 unspecified atom stereocenters. The zero-order valence-corrected chi connectivity index (χ0v) is 15.8. The van der Waals surface area contributed by atoms with E-state index in [4.69, 9.17) is 0 Å². The summed E-state index contributed by atoms with van der Waals surface area (Å²) in [6.07, 6.45) is 0. The third-order valence-electron chi connectivity index (χ3n) is 4.83. The second kappa shape index (κ2) is 7.05. The lowest BCUT2D eigenvalue weighted by Crippen LogP contribution is -2.49. The van der Waals surface area contributed by atoms with Crippen molar-refractivity contribution in [1.82, 2.24) is 20.0 Å². The number of aryl methyl sites for hydroxylation is 1. The first kappa shape index (κ1) is 17.0. The molecule has 3 heterocycles. The Hall–Kier alpha value is -2.44. The minimum atomic E-state index is -0.0114. The molecule has 3 aromatic rings. The highest BCUT2D eigenvalue weighted by atomic mass is 32.1. The average Bonchev–Trinajstić information content (AvgIpc) is 3.31. The molecule has 5 nitrogen and oxygen atoms in total. The number of aromatic amines is 1. The van der Waals surface area contributed by atoms with Crippen LogP contribution in [0, 0.1) is 6.92 Å². The lowest BCUT2D eigenvalue weighted by atomic mass is 10.0. The van der Waals surface area contributed by atoms with Crippen molar-refractivity contribution in [3.8, 4) is 10.6 Å². The summed E-state index contributed by atoms with van der Waals surface area (Å²) in [6.45, 7) is 4.48. The number of benzene rings is 1. The molecule has 0 radical (unpaired) electrons. The third-order valence-corrected chi connectivity index (χ3v) is 5.87. The van der Waals surface area contributed by atoms with Gasteiger partial charge < -0.3 is 9.80 Å². The summed E-state index contributed by atoms with van der Waals surface area (Å²) < 4.78 is 0. The van der Waals surface area contributed by atoms with Gasteiger partial charge in [-0.1, -0.05) is 30.3 Å². The minimum Gasteiger partial charge on any atom is -0.328 e. The van der Waals surface area contributed by atoms with E-state index in [0.717, 1.165) is 29.2 Å². The number of piperazine rings is 1. The third kappa shape index (κ3) is 3.30. The van der Waals surface area contributed by atoms with Crippen molar-refractivity contribution in [3.63, 3.8) is 0 Å². The van der Waals surface area contributed by atoms with Gasteiger partial charge in [-0.15, -0.1) is 11.3 Å². The van der Waals surface area contributed by atoms with Gasteiger partial charge in [0.15, 0.2) is 5.69 Å². The van der Waals surface area contributed by atoms with Gasteiger partial charge in [-0.3, -0.25) is 9.89 Å². The number of carbonyl (C=O) groups is 1. The van der Waals surface area contributed by atoms with E-state index in [1.54, 1.807) is 11.3 Å². The highest BCUT2D eigenvalue weighted by Crippen LogP contribution is 2.29. The fraction of sp³-hybridized carbons (Fsp3) is 0.300. The van der Waals surface area contributed by atoms with E-state index in [1.807, 2.05) is 29.2 Å². The number of aromatic nitrogens is 2. The molecule has 1 aliphatic heterocycles. The maximum Gasteiger partial charge on any atom is 0.274 e. The number of hydrogen-bond acceptors (Lipinski definition) is 4. The molecule has 134 valence electrons. The van der Waals surface area contributed by atoms with Gasteiger partial charge in [-0.25, -0.2) is 0 Å². The van der Waals surface area contributed by atoms with Crippen LogP contribution in [-0.2, 0) is 0 Å². The molecule has 1 saturated heterocycles. The summed E-state index contributed by atoms with van der Waals surface area (Å²) in [7, 11) is 2.10. The first-order valence-electron chi connectivity index (χ1n) is 8.78. The van der Waals surface area contributed by atoms with Crippen LogP contribution in [0.5, 0.6) is 0 Å². The van der Waals surface area contributed by atoms with Crippen LogP contribution in [0.15, 0.2) is 48.5 Å². The normalized spacial score (nSPS) is 18.2. The molecule has 0 spiro atoms. The molecule has 6 heteroatoms. The topological polar surface area (TPSA) is 52.2 Å². The van der Waals surface area contributed by atoms with E-state index in [1.165, 1.54) is 4.88 Å². The summed E-state index contributed by atoms with van der Waals surface area (Å²) in [4.78, 5) is 19.7. The molecule has 0 bridgehead atoms. The Balaban J connectivity index is 1.61. The fourth-order valence-corrected chi connectivity index (χ4v) is 4.24. The summed E-state index contributed by atoms with van der Waals surface area (Å²) in [6, 6.07) is 16.3. The number of thiophene rings is 1. The van der Waals surface area contributed by atoms with Gasteiger partial charge in [0.25, 0.3) is 5.91 Å². The molecule has 1 aromatic carbocycles. The largest absolute Gasteiger partial charge is 0.328 e. The number of H-pyrrole nitrogens is 1. The molecule has 26 heavy (non-hydrogen) atoms. The van der Waals surface area contributed by atoms with Crippen LogP contribution in [-0.4, -0.2) is 52.6 Å². The predicted octanol–water partition coefficient (Wildman–Crippen LogP) is 3.58. The van der Waals surface area contributed by atoms with E-state index in [0.29, 0.717) is 12.2 Å². The Bertz CT molecular complexity index is 901. The second-order valence-corrected chi connectivity index (χ2v) is 8.05. The van der Waals surface area contributed by atoms with Crippen LogP contribution in [0.4, 0.5) is 0 Å². The predicted molar refractivity (Wildman–Crippen MR) is 104 cm³/mol. The van der Waals surface area contributed by atoms with Crippen molar-refractivity contribution in [2.45, 2.75) is 13.0 Å². The van der Waals surface area contributed by atoms with Gasteiger partial charge in [0.05, 0.1) is 16.6 Å². The molecular formula is C20H22N4OS. The minimum absolute atomic E-state index is 0.0114. The summed E-state index contributed by atoms with van der Waals surface area (Å²) in [5.41, 5.74) is 2.55. The number of rotatable bonds is 3. The van der Waals surface area contributed by atoms with E-state index >= 15 is 0 Å². The Labute approximate surface area is 157 Å². The highest BCUT2D eigenvalue weighted by Gasteiger charge is 2.31. The lowest BCUT2D eigenvalue weighted by Gasteiger charge is -2.40. The first-order valence-corrected chi connectivity index (χ1v) is 9.60. The average molecular weight is 366 g/mol. The molecule has 1 fully saturated rings. The number of carbonyl (C=O) groups excluding carboxylic acids is 1. The quantitative estimate of drug-likeness (QED) is 0.771. The van der Waals surface area contributed by atoms with Gasteiger partial charge >= 0.3 is 0 Å². The lowest BCUT2D eigenvalue weighted by molar-refractivity contribution is 0.0492. The van der Waals surface area contributed by atoms with Gasteiger partial charge in [-0.05, 0) is 37.7 Å². The summed E-state index contributed by atoms with van der Waals surface area (Å²) in [5, 5.41) is 7.32.